The minimum atomic E-state index is -1.03. The van der Waals surface area contributed by atoms with Crippen LogP contribution in [0.3, 0.4) is 0 Å². The molecule has 0 saturated carbocycles. The highest BCUT2D eigenvalue weighted by Crippen LogP contribution is 2.19. The molecule has 0 spiro atoms. The molecular formula is C15H19NO5. The molecule has 0 aliphatic carbocycles. The summed E-state index contributed by atoms with van der Waals surface area (Å²) in [5.74, 6) is -1.85. The van der Waals surface area contributed by atoms with E-state index < -0.39 is 24.1 Å². The number of rotatable bonds is 3. The topological polar surface area (TPSA) is 87.1 Å². The van der Waals surface area contributed by atoms with Crippen LogP contribution in [0, 0.1) is 5.92 Å². The van der Waals surface area contributed by atoms with Gasteiger partial charge in [0.05, 0.1) is 12.0 Å². The molecule has 2 atom stereocenters. The number of carbonyl (C=O) groups excluding carboxylic acids is 1. The van der Waals surface area contributed by atoms with E-state index in [1.807, 2.05) is 30.3 Å². The Morgan fingerprint density at radius 3 is 2.52 bits per heavy atom. The molecule has 0 aromatic heterocycles. The van der Waals surface area contributed by atoms with Crippen molar-refractivity contribution in [2.45, 2.75) is 25.6 Å². The number of carboxylic acid groups (broad SMARTS) is 1. The third-order valence-electron chi connectivity index (χ3n) is 3.65. The van der Waals surface area contributed by atoms with Crippen molar-refractivity contribution in [2.75, 3.05) is 13.1 Å². The van der Waals surface area contributed by atoms with Crippen LogP contribution < -0.4 is 0 Å². The van der Waals surface area contributed by atoms with Crippen LogP contribution in [-0.4, -0.2) is 46.4 Å². The molecule has 6 heteroatoms. The summed E-state index contributed by atoms with van der Waals surface area (Å²) in [4.78, 5) is 24.4. The fraction of sp³-hybridized carbons (Fsp3) is 0.467. The summed E-state index contributed by atoms with van der Waals surface area (Å²) in [6.45, 7) is 0.765. The quantitative estimate of drug-likeness (QED) is 0.881. The van der Waals surface area contributed by atoms with Gasteiger partial charge in [0.25, 0.3) is 0 Å². The second-order valence-electron chi connectivity index (χ2n) is 5.12. The lowest BCUT2D eigenvalue weighted by atomic mass is 9.98. The van der Waals surface area contributed by atoms with Gasteiger partial charge >= 0.3 is 12.1 Å². The van der Waals surface area contributed by atoms with Gasteiger partial charge in [0.15, 0.2) is 0 Å². The number of amides is 1. The van der Waals surface area contributed by atoms with Crippen molar-refractivity contribution >= 4 is 12.1 Å². The first kappa shape index (κ1) is 15.3. The minimum Gasteiger partial charge on any atom is -0.481 e. The number of nitrogens with zero attached hydrogens (tertiary/aromatic N) is 1. The summed E-state index contributed by atoms with van der Waals surface area (Å²) < 4.78 is 5.21. The molecule has 2 unspecified atom stereocenters. The number of aliphatic hydroxyl groups excluding tert-OH is 1. The van der Waals surface area contributed by atoms with E-state index in [-0.39, 0.29) is 26.0 Å². The van der Waals surface area contributed by atoms with Crippen molar-refractivity contribution < 1.29 is 24.5 Å². The summed E-state index contributed by atoms with van der Waals surface area (Å²) >= 11 is 0. The van der Waals surface area contributed by atoms with Crippen LogP contribution in [0.25, 0.3) is 0 Å². The van der Waals surface area contributed by atoms with Crippen molar-refractivity contribution in [1.29, 1.82) is 0 Å². The van der Waals surface area contributed by atoms with Crippen LogP contribution in [0.15, 0.2) is 30.3 Å². The maximum Gasteiger partial charge on any atom is 0.410 e. The van der Waals surface area contributed by atoms with E-state index in [4.69, 9.17) is 9.84 Å². The number of benzene rings is 1. The predicted molar refractivity (Wildman–Crippen MR) is 74.6 cm³/mol. The second kappa shape index (κ2) is 7.08. The van der Waals surface area contributed by atoms with E-state index in [9.17, 15) is 14.7 Å². The summed E-state index contributed by atoms with van der Waals surface area (Å²) in [6, 6.07) is 9.33. The summed E-state index contributed by atoms with van der Waals surface area (Å²) in [5.41, 5.74) is 0.893. The molecule has 1 heterocycles. The third kappa shape index (κ3) is 4.19. The third-order valence-corrected chi connectivity index (χ3v) is 3.65. The second-order valence-corrected chi connectivity index (χ2v) is 5.12. The largest absolute Gasteiger partial charge is 0.481 e. The van der Waals surface area contributed by atoms with Crippen LogP contribution >= 0.6 is 0 Å². The Kier molecular flexibility index (Phi) is 5.16. The van der Waals surface area contributed by atoms with E-state index in [2.05, 4.69) is 0 Å². The van der Waals surface area contributed by atoms with Gasteiger partial charge in [0.2, 0.25) is 0 Å². The maximum absolute atomic E-state index is 12.0. The minimum absolute atomic E-state index is 0.182. The van der Waals surface area contributed by atoms with E-state index in [1.165, 1.54) is 4.90 Å². The van der Waals surface area contributed by atoms with Crippen LogP contribution in [-0.2, 0) is 16.1 Å². The number of carboxylic acids is 1. The smallest absolute Gasteiger partial charge is 0.410 e. The molecule has 1 aromatic rings. The lowest BCUT2D eigenvalue weighted by molar-refractivity contribution is -0.145. The summed E-state index contributed by atoms with van der Waals surface area (Å²) in [5, 5.41) is 18.8. The molecule has 0 bridgehead atoms. The molecule has 114 valence electrons. The number of ether oxygens (including phenoxy) is 1. The molecule has 1 aromatic carbocycles. The lowest BCUT2D eigenvalue weighted by Gasteiger charge is -2.19. The molecular weight excluding hydrogens is 274 g/mol. The van der Waals surface area contributed by atoms with Crippen molar-refractivity contribution in [3.05, 3.63) is 35.9 Å². The van der Waals surface area contributed by atoms with E-state index in [0.717, 1.165) is 5.56 Å². The number of hydrogen-bond donors (Lipinski definition) is 2. The molecule has 6 nitrogen and oxygen atoms in total. The van der Waals surface area contributed by atoms with Gasteiger partial charge in [-0.25, -0.2) is 4.79 Å². The number of carbonyl (C=O) groups is 2. The highest BCUT2D eigenvalue weighted by atomic mass is 16.6. The highest BCUT2D eigenvalue weighted by Gasteiger charge is 2.31. The molecule has 21 heavy (non-hydrogen) atoms. The van der Waals surface area contributed by atoms with Gasteiger partial charge < -0.3 is 19.8 Å². The normalized spacial score (nSPS) is 22.4. The fourth-order valence-corrected chi connectivity index (χ4v) is 2.37. The zero-order valence-corrected chi connectivity index (χ0v) is 11.6. The predicted octanol–water partition coefficient (Wildman–Crippen LogP) is 1.48. The molecule has 1 saturated heterocycles. The monoisotopic (exact) mass is 293 g/mol. The van der Waals surface area contributed by atoms with E-state index in [0.29, 0.717) is 6.54 Å². The van der Waals surface area contributed by atoms with Gasteiger partial charge in [-0.2, -0.15) is 0 Å². The first-order valence-electron chi connectivity index (χ1n) is 6.94. The van der Waals surface area contributed by atoms with Gasteiger partial charge in [-0.05, 0) is 18.4 Å². The molecule has 1 fully saturated rings. The number of hydrogen-bond acceptors (Lipinski definition) is 4. The molecule has 0 radical (unpaired) electrons. The first-order chi connectivity index (χ1) is 10.1. The molecule has 2 rings (SSSR count). The van der Waals surface area contributed by atoms with Gasteiger partial charge in [-0.1, -0.05) is 30.3 Å². The van der Waals surface area contributed by atoms with Crippen LogP contribution in [0.5, 0.6) is 0 Å². The Labute approximate surface area is 122 Å². The van der Waals surface area contributed by atoms with Crippen molar-refractivity contribution in [3.63, 3.8) is 0 Å². The number of aliphatic hydroxyl groups is 1. The van der Waals surface area contributed by atoms with E-state index in [1.54, 1.807) is 0 Å². The van der Waals surface area contributed by atoms with Gasteiger partial charge in [-0.3, -0.25) is 4.79 Å². The van der Waals surface area contributed by atoms with Gasteiger partial charge in [-0.15, -0.1) is 0 Å². The molecule has 1 amide bonds. The molecule has 1 aliphatic heterocycles. The van der Waals surface area contributed by atoms with Crippen molar-refractivity contribution in [2.24, 2.45) is 5.92 Å². The Hall–Kier alpha value is -2.08. The van der Waals surface area contributed by atoms with Gasteiger partial charge in [0, 0.05) is 13.1 Å². The zero-order chi connectivity index (χ0) is 15.2. The Morgan fingerprint density at radius 1 is 1.19 bits per heavy atom. The standard InChI is InChI=1S/C15H19NO5/c17-13-7-9-16(8-6-12(13)14(18)19)15(20)21-10-11-4-2-1-3-5-11/h1-5,12-13,17H,6-10H2,(H,18,19). The van der Waals surface area contributed by atoms with Crippen LogP contribution in [0.1, 0.15) is 18.4 Å². The summed E-state index contributed by atoms with van der Waals surface area (Å²) in [7, 11) is 0. The Morgan fingerprint density at radius 2 is 1.86 bits per heavy atom. The average Bonchev–Trinajstić information content (AvgIpc) is 2.68. The maximum atomic E-state index is 12.0. The van der Waals surface area contributed by atoms with Crippen LogP contribution in [0.2, 0.25) is 0 Å². The van der Waals surface area contributed by atoms with Gasteiger partial charge in [0.1, 0.15) is 6.61 Å². The number of likely N-dealkylation sites (tertiary alicyclic amines) is 1. The summed E-state index contributed by atoms with van der Waals surface area (Å²) in [6.07, 6.45) is -0.916. The van der Waals surface area contributed by atoms with E-state index >= 15 is 0 Å². The fourth-order valence-electron chi connectivity index (χ4n) is 2.37. The van der Waals surface area contributed by atoms with Crippen molar-refractivity contribution in [1.82, 2.24) is 4.90 Å². The average molecular weight is 293 g/mol. The molecule has 1 aliphatic rings. The number of aliphatic carboxylic acids is 1. The lowest BCUT2D eigenvalue weighted by Crippen LogP contribution is -2.32. The Balaban J connectivity index is 1.87. The van der Waals surface area contributed by atoms with Crippen molar-refractivity contribution in [3.8, 4) is 0 Å². The van der Waals surface area contributed by atoms with Crippen LogP contribution in [0.4, 0.5) is 4.79 Å². The SMILES string of the molecule is O=C(O)C1CCN(C(=O)OCc2ccccc2)CCC1O. The zero-order valence-electron chi connectivity index (χ0n) is 11.6. The first-order valence-corrected chi connectivity index (χ1v) is 6.94. The molecule has 2 N–H and O–H groups in total. The Bertz CT molecular complexity index is 490. The highest BCUT2D eigenvalue weighted by molar-refractivity contribution is 5.71.